The van der Waals surface area contributed by atoms with Gasteiger partial charge in [-0.15, -0.1) is 0 Å². The average Bonchev–Trinajstić information content (AvgIpc) is 2.43. The number of amides is 1. The largest absolute Gasteiger partial charge is 0.338 e. The lowest BCUT2D eigenvalue weighted by Crippen LogP contribution is -2.43. The SMILES string of the molecule is CC(=CC(=O)N(C)C(C)C(C)S(C)(=O)=O)c1ccc(F)cc1F. The van der Waals surface area contributed by atoms with Crippen LogP contribution >= 0.6 is 0 Å². The predicted octanol–water partition coefficient (Wildman–Crippen LogP) is 2.65. The Bertz CT molecular complexity index is 729. The minimum absolute atomic E-state index is 0.122. The fraction of sp³-hybridized carbons (Fsp3) is 0.438. The smallest absolute Gasteiger partial charge is 0.246 e. The number of nitrogens with zero attached hydrogens (tertiary/aromatic N) is 1. The lowest BCUT2D eigenvalue weighted by atomic mass is 10.1. The third-order valence-corrected chi connectivity index (χ3v) is 5.75. The molecule has 0 saturated heterocycles. The molecule has 0 N–H and O–H groups in total. The molecule has 0 spiro atoms. The Morgan fingerprint density at radius 1 is 1.26 bits per heavy atom. The number of halogens is 2. The minimum Gasteiger partial charge on any atom is -0.338 e. The molecule has 0 aliphatic carbocycles. The normalized spacial score (nSPS) is 15.2. The van der Waals surface area contributed by atoms with Crippen molar-refractivity contribution in [3.63, 3.8) is 0 Å². The van der Waals surface area contributed by atoms with E-state index < -0.39 is 38.7 Å². The summed E-state index contributed by atoms with van der Waals surface area (Å²) in [6.45, 7) is 4.69. The van der Waals surface area contributed by atoms with Gasteiger partial charge in [0.1, 0.15) is 11.6 Å². The van der Waals surface area contributed by atoms with Crippen molar-refractivity contribution in [1.29, 1.82) is 0 Å². The number of likely N-dealkylation sites (N-methyl/N-ethyl adjacent to an activating group) is 1. The molecular weight excluding hydrogens is 324 g/mol. The molecule has 2 unspecified atom stereocenters. The fourth-order valence-electron chi connectivity index (χ4n) is 2.05. The van der Waals surface area contributed by atoms with Gasteiger partial charge in [-0.2, -0.15) is 0 Å². The number of allylic oxidation sites excluding steroid dienone is 1. The summed E-state index contributed by atoms with van der Waals surface area (Å²) in [4.78, 5) is 13.5. The van der Waals surface area contributed by atoms with Crippen LogP contribution in [-0.4, -0.2) is 43.8 Å². The minimum atomic E-state index is -3.29. The molecule has 1 rings (SSSR count). The first-order valence-electron chi connectivity index (χ1n) is 7.04. The van der Waals surface area contributed by atoms with E-state index >= 15 is 0 Å². The summed E-state index contributed by atoms with van der Waals surface area (Å²) in [5.74, 6) is -1.90. The van der Waals surface area contributed by atoms with Gasteiger partial charge in [-0.1, -0.05) is 0 Å². The second kappa shape index (κ2) is 7.21. The van der Waals surface area contributed by atoms with Crippen LogP contribution in [0.2, 0.25) is 0 Å². The number of carbonyl (C=O) groups excluding carboxylic acids is 1. The van der Waals surface area contributed by atoms with Crippen molar-refractivity contribution in [2.75, 3.05) is 13.3 Å². The summed E-state index contributed by atoms with van der Waals surface area (Å²) in [6.07, 6.45) is 2.32. The molecule has 23 heavy (non-hydrogen) atoms. The highest BCUT2D eigenvalue weighted by Gasteiger charge is 2.27. The Labute approximate surface area is 135 Å². The summed E-state index contributed by atoms with van der Waals surface area (Å²) in [7, 11) is -1.80. The van der Waals surface area contributed by atoms with Gasteiger partial charge < -0.3 is 4.90 Å². The van der Waals surface area contributed by atoms with Gasteiger partial charge in [-0.3, -0.25) is 4.79 Å². The van der Waals surface area contributed by atoms with Crippen LogP contribution in [0.4, 0.5) is 8.78 Å². The van der Waals surface area contributed by atoms with E-state index in [0.717, 1.165) is 18.4 Å². The Balaban J connectivity index is 3.00. The van der Waals surface area contributed by atoms with Crippen LogP contribution in [0.3, 0.4) is 0 Å². The maximum atomic E-state index is 13.7. The Morgan fingerprint density at radius 2 is 1.83 bits per heavy atom. The van der Waals surface area contributed by atoms with E-state index in [0.29, 0.717) is 5.57 Å². The summed E-state index contributed by atoms with van der Waals surface area (Å²) < 4.78 is 49.8. The zero-order chi connectivity index (χ0) is 17.9. The van der Waals surface area contributed by atoms with E-state index in [1.165, 1.54) is 37.9 Å². The van der Waals surface area contributed by atoms with Crippen LogP contribution in [0.25, 0.3) is 5.57 Å². The first-order chi connectivity index (χ1) is 10.4. The summed E-state index contributed by atoms with van der Waals surface area (Å²) in [5.41, 5.74) is 0.454. The van der Waals surface area contributed by atoms with E-state index in [1.807, 2.05) is 0 Å². The number of rotatable bonds is 5. The molecule has 0 saturated carbocycles. The second-order valence-electron chi connectivity index (χ2n) is 5.68. The van der Waals surface area contributed by atoms with Crippen LogP contribution in [0.1, 0.15) is 26.3 Å². The molecule has 0 bridgehead atoms. The molecule has 1 aromatic rings. The molecule has 0 heterocycles. The summed E-state index contributed by atoms with van der Waals surface area (Å²) in [5, 5.41) is -0.729. The molecule has 7 heteroatoms. The van der Waals surface area contributed by atoms with Crippen molar-refractivity contribution in [3.05, 3.63) is 41.5 Å². The molecule has 128 valence electrons. The van der Waals surface area contributed by atoms with Gasteiger partial charge in [-0.05, 0) is 38.5 Å². The van der Waals surface area contributed by atoms with Crippen LogP contribution < -0.4 is 0 Å². The molecule has 4 nitrogen and oxygen atoms in total. The van der Waals surface area contributed by atoms with E-state index in [1.54, 1.807) is 6.92 Å². The molecule has 0 aromatic heterocycles. The molecule has 1 aromatic carbocycles. The van der Waals surface area contributed by atoms with Crippen LogP contribution in [-0.2, 0) is 14.6 Å². The van der Waals surface area contributed by atoms with E-state index in [4.69, 9.17) is 0 Å². The van der Waals surface area contributed by atoms with Crippen LogP contribution in [0.15, 0.2) is 24.3 Å². The van der Waals surface area contributed by atoms with Gasteiger partial charge in [0, 0.05) is 37.1 Å². The van der Waals surface area contributed by atoms with Gasteiger partial charge in [0.2, 0.25) is 5.91 Å². The highest BCUT2D eigenvalue weighted by atomic mass is 32.2. The maximum absolute atomic E-state index is 13.7. The van der Waals surface area contributed by atoms with Gasteiger partial charge in [0.25, 0.3) is 0 Å². The maximum Gasteiger partial charge on any atom is 0.246 e. The number of hydrogen-bond acceptors (Lipinski definition) is 3. The monoisotopic (exact) mass is 345 g/mol. The quantitative estimate of drug-likeness (QED) is 0.771. The zero-order valence-corrected chi connectivity index (χ0v) is 14.6. The third-order valence-electron chi connectivity index (χ3n) is 4.01. The van der Waals surface area contributed by atoms with E-state index in [-0.39, 0.29) is 5.56 Å². The lowest BCUT2D eigenvalue weighted by molar-refractivity contribution is -0.126. The van der Waals surface area contributed by atoms with Crippen molar-refractivity contribution in [2.45, 2.75) is 32.1 Å². The first-order valence-corrected chi connectivity index (χ1v) is 9.00. The van der Waals surface area contributed by atoms with Gasteiger partial charge >= 0.3 is 0 Å². The number of carbonyl (C=O) groups is 1. The van der Waals surface area contributed by atoms with Crippen molar-refractivity contribution in [1.82, 2.24) is 4.90 Å². The number of sulfone groups is 1. The number of hydrogen-bond donors (Lipinski definition) is 0. The first kappa shape index (κ1) is 19.3. The number of benzene rings is 1. The summed E-state index contributed by atoms with van der Waals surface area (Å²) in [6, 6.07) is 2.57. The molecule has 0 aliphatic rings. The Kier molecular flexibility index (Phi) is 6.04. The molecule has 2 atom stereocenters. The standard InChI is InChI=1S/C16H21F2NO3S/c1-10(14-7-6-13(17)9-15(14)18)8-16(20)19(4)11(2)12(3)23(5,21)22/h6-9,11-12H,1-5H3. The van der Waals surface area contributed by atoms with Gasteiger partial charge in [-0.25, -0.2) is 17.2 Å². The van der Waals surface area contributed by atoms with Crippen molar-refractivity contribution >= 4 is 21.3 Å². The summed E-state index contributed by atoms with van der Waals surface area (Å²) >= 11 is 0. The van der Waals surface area contributed by atoms with E-state index in [2.05, 4.69) is 0 Å². The van der Waals surface area contributed by atoms with Crippen molar-refractivity contribution < 1.29 is 22.0 Å². The highest BCUT2D eigenvalue weighted by molar-refractivity contribution is 7.91. The lowest BCUT2D eigenvalue weighted by Gasteiger charge is -2.28. The van der Waals surface area contributed by atoms with Crippen molar-refractivity contribution in [3.8, 4) is 0 Å². The molecule has 0 aliphatic heterocycles. The Hall–Kier alpha value is -1.76. The second-order valence-corrected chi connectivity index (χ2v) is 8.08. The van der Waals surface area contributed by atoms with Crippen molar-refractivity contribution in [2.24, 2.45) is 0 Å². The zero-order valence-electron chi connectivity index (χ0n) is 13.8. The predicted molar refractivity (Wildman–Crippen MR) is 86.5 cm³/mol. The molecule has 1 amide bonds. The molecule has 0 fully saturated rings. The molecule has 0 radical (unpaired) electrons. The Morgan fingerprint density at radius 3 is 2.30 bits per heavy atom. The van der Waals surface area contributed by atoms with Crippen LogP contribution in [0, 0.1) is 11.6 Å². The van der Waals surface area contributed by atoms with Crippen LogP contribution in [0.5, 0.6) is 0 Å². The highest BCUT2D eigenvalue weighted by Crippen LogP contribution is 2.19. The van der Waals surface area contributed by atoms with Gasteiger partial charge in [0.15, 0.2) is 9.84 Å². The fourth-order valence-corrected chi connectivity index (χ4v) is 2.95. The van der Waals surface area contributed by atoms with Gasteiger partial charge in [0.05, 0.1) is 5.25 Å². The van der Waals surface area contributed by atoms with E-state index in [9.17, 15) is 22.0 Å². The topological polar surface area (TPSA) is 54.5 Å². The average molecular weight is 345 g/mol. The third kappa shape index (κ3) is 4.86. The molecular formula is C16H21F2NO3S.